The molecule has 1 aromatic rings. The monoisotopic (exact) mass is 320 g/mol. The van der Waals surface area contributed by atoms with Gasteiger partial charge in [0.05, 0.1) is 18.2 Å². The van der Waals surface area contributed by atoms with Gasteiger partial charge in [-0.15, -0.1) is 11.6 Å². The Morgan fingerprint density at radius 2 is 1.94 bits per heavy atom. The summed E-state index contributed by atoms with van der Waals surface area (Å²) < 4.78 is 11.9. The average Bonchev–Trinajstić information content (AvgIpc) is 2.35. The van der Waals surface area contributed by atoms with E-state index in [9.17, 15) is 0 Å². The van der Waals surface area contributed by atoms with Crippen molar-refractivity contribution in [3.8, 4) is 11.5 Å². The van der Waals surface area contributed by atoms with Crippen molar-refractivity contribution in [1.82, 2.24) is 0 Å². The molecule has 0 heterocycles. The van der Waals surface area contributed by atoms with E-state index in [0.29, 0.717) is 6.61 Å². The number of methoxy groups -OCH3 is 1. The van der Waals surface area contributed by atoms with Crippen LogP contribution in [0.15, 0.2) is 22.7 Å². The number of hydrogen-bond acceptors (Lipinski definition) is 2. The summed E-state index contributed by atoms with van der Waals surface area (Å²) in [5.74, 6) is 2.30. The molecule has 0 saturated heterocycles. The van der Waals surface area contributed by atoms with E-state index in [1.807, 2.05) is 18.2 Å². The van der Waals surface area contributed by atoms with Gasteiger partial charge in [-0.3, -0.25) is 0 Å². The van der Waals surface area contributed by atoms with Gasteiger partial charge >= 0.3 is 0 Å². The van der Waals surface area contributed by atoms with E-state index in [2.05, 4.69) is 15.9 Å². The molecule has 4 heteroatoms. The number of para-hydroxylation sites is 1. The minimum Gasteiger partial charge on any atom is -0.493 e. The lowest BCUT2D eigenvalue weighted by atomic mass is 10.2. The summed E-state index contributed by atoms with van der Waals surface area (Å²) in [4.78, 5) is 0. The first-order chi connectivity index (χ1) is 8.29. The van der Waals surface area contributed by atoms with Crippen molar-refractivity contribution in [2.45, 2.75) is 25.7 Å². The predicted molar refractivity (Wildman–Crippen MR) is 75.4 cm³/mol. The number of alkyl halides is 1. The standard InChI is InChI=1S/C13H18BrClO2/c1-16-12-8-6-7-11(14)13(12)17-10-5-3-2-4-9-15/h6-8H,2-5,9-10H2,1H3. The summed E-state index contributed by atoms with van der Waals surface area (Å²) in [5.41, 5.74) is 0. The van der Waals surface area contributed by atoms with Crippen LogP contribution in [0.2, 0.25) is 0 Å². The quantitative estimate of drug-likeness (QED) is 0.513. The third-order valence-corrected chi connectivity index (χ3v) is 3.32. The first kappa shape index (κ1) is 14.7. The number of unbranched alkanes of at least 4 members (excludes halogenated alkanes) is 3. The first-order valence-electron chi connectivity index (χ1n) is 5.81. The largest absolute Gasteiger partial charge is 0.493 e. The maximum atomic E-state index is 5.73. The Labute approximate surface area is 116 Å². The van der Waals surface area contributed by atoms with Crippen molar-refractivity contribution in [3.05, 3.63) is 22.7 Å². The van der Waals surface area contributed by atoms with E-state index in [4.69, 9.17) is 21.1 Å². The van der Waals surface area contributed by atoms with Crippen LogP contribution in [0.1, 0.15) is 25.7 Å². The van der Waals surface area contributed by atoms with E-state index >= 15 is 0 Å². The fourth-order valence-corrected chi connectivity index (χ4v) is 2.17. The third-order valence-electron chi connectivity index (χ3n) is 2.43. The molecule has 0 aliphatic rings. The number of ether oxygens (including phenoxy) is 2. The Hall–Kier alpha value is -0.410. The van der Waals surface area contributed by atoms with Crippen LogP contribution in [0.5, 0.6) is 11.5 Å². The molecular weight excluding hydrogens is 303 g/mol. The Morgan fingerprint density at radius 3 is 2.65 bits per heavy atom. The summed E-state index contributed by atoms with van der Waals surface area (Å²) in [7, 11) is 1.65. The number of benzene rings is 1. The van der Waals surface area contributed by atoms with Crippen LogP contribution in [-0.4, -0.2) is 19.6 Å². The fourth-order valence-electron chi connectivity index (χ4n) is 1.51. The van der Waals surface area contributed by atoms with Crippen LogP contribution >= 0.6 is 27.5 Å². The van der Waals surface area contributed by atoms with E-state index in [0.717, 1.165) is 41.1 Å². The minimum atomic E-state index is 0.710. The Morgan fingerprint density at radius 1 is 1.18 bits per heavy atom. The average molecular weight is 322 g/mol. The van der Waals surface area contributed by atoms with Gasteiger partial charge in [-0.2, -0.15) is 0 Å². The molecular formula is C13H18BrClO2. The predicted octanol–water partition coefficient (Wildman–Crippen LogP) is 4.64. The van der Waals surface area contributed by atoms with Gasteiger partial charge < -0.3 is 9.47 Å². The Balaban J connectivity index is 2.35. The van der Waals surface area contributed by atoms with Crippen LogP contribution in [0.3, 0.4) is 0 Å². The Kier molecular flexibility index (Phi) is 7.45. The number of hydrogen-bond donors (Lipinski definition) is 0. The molecule has 17 heavy (non-hydrogen) atoms. The Bertz CT molecular complexity index is 331. The summed E-state index contributed by atoms with van der Waals surface area (Å²) in [5, 5.41) is 0. The van der Waals surface area contributed by atoms with Gasteiger partial charge in [0.1, 0.15) is 0 Å². The molecule has 1 aromatic carbocycles. The molecule has 96 valence electrons. The molecule has 0 bridgehead atoms. The van der Waals surface area contributed by atoms with Crippen molar-refractivity contribution in [2.75, 3.05) is 19.6 Å². The van der Waals surface area contributed by atoms with Gasteiger partial charge in [0, 0.05) is 5.88 Å². The number of rotatable bonds is 8. The molecule has 0 N–H and O–H groups in total. The second-order valence-electron chi connectivity index (χ2n) is 3.72. The van der Waals surface area contributed by atoms with Gasteiger partial charge in [-0.25, -0.2) is 0 Å². The lowest BCUT2D eigenvalue weighted by molar-refractivity contribution is 0.283. The zero-order chi connectivity index (χ0) is 12.5. The van der Waals surface area contributed by atoms with Crippen molar-refractivity contribution >= 4 is 27.5 Å². The van der Waals surface area contributed by atoms with Gasteiger partial charge in [0.2, 0.25) is 0 Å². The SMILES string of the molecule is COc1cccc(Br)c1OCCCCCCCl. The number of halogens is 2. The fraction of sp³-hybridized carbons (Fsp3) is 0.538. The zero-order valence-electron chi connectivity index (χ0n) is 10.0. The highest BCUT2D eigenvalue weighted by Crippen LogP contribution is 2.34. The first-order valence-corrected chi connectivity index (χ1v) is 7.13. The van der Waals surface area contributed by atoms with Crippen molar-refractivity contribution in [2.24, 2.45) is 0 Å². The van der Waals surface area contributed by atoms with Crippen molar-refractivity contribution in [1.29, 1.82) is 0 Å². The molecule has 0 aromatic heterocycles. The highest BCUT2D eigenvalue weighted by atomic mass is 79.9. The second kappa shape index (κ2) is 8.65. The van der Waals surface area contributed by atoms with Crippen LogP contribution in [0, 0.1) is 0 Å². The third kappa shape index (κ3) is 5.17. The summed E-state index contributed by atoms with van der Waals surface area (Å²) >= 11 is 9.08. The summed E-state index contributed by atoms with van der Waals surface area (Å²) in [6.45, 7) is 0.710. The van der Waals surface area contributed by atoms with Gasteiger partial charge in [0.25, 0.3) is 0 Å². The van der Waals surface area contributed by atoms with E-state index in [1.165, 1.54) is 6.42 Å². The normalized spacial score (nSPS) is 10.3. The topological polar surface area (TPSA) is 18.5 Å². The lowest BCUT2D eigenvalue weighted by Crippen LogP contribution is -2.00. The van der Waals surface area contributed by atoms with Crippen LogP contribution in [0.4, 0.5) is 0 Å². The van der Waals surface area contributed by atoms with E-state index in [-0.39, 0.29) is 0 Å². The molecule has 2 nitrogen and oxygen atoms in total. The maximum absolute atomic E-state index is 5.73. The highest BCUT2D eigenvalue weighted by Gasteiger charge is 2.07. The van der Waals surface area contributed by atoms with Crippen molar-refractivity contribution < 1.29 is 9.47 Å². The minimum absolute atomic E-state index is 0.710. The molecule has 0 amide bonds. The molecule has 0 aliphatic carbocycles. The zero-order valence-corrected chi connectivity index (χ0v) is 12.4. The summed E-state index contributed by atoms with van der Waals surface area (Å²) in [6, 6.07) is 5.77. The highest BCUT2D eigenvalue weighted by molar-refractivity contribution is 9.10. The van der Waals surface area contributed by atoms with Gasteiger partial charge in [-0.1, -0.05) is 18.9 Å². The summed E-state index contributed by atoms with van der Waals surface area (Å²) in [6.07, 6.45) is 4.45. The van der Waals surface area contributed by atoms with Gasteiger partial charge in [-0.05, 0) is 40.9 Å². The molecule has 0 spiro atoms. The van der Waals surface area contributed by atoms with Crippen LogP contribution < -0.4 is 9.47 Å². The van der Waals surface area contributed by atoms with E-state index in [1.54, 1.807) is 7.11 Å². The molecule has 0 aliphatic heterocycles. The van der Waals surface area contributed by atoms with Crippen LogP contribution in [0.25, 0.3) is 0 Å². The second-order valence-corrected chi connectivity index (χ2v) is 4.96. The molecule has 0 atom stereocenters. The van der Waals surface area contributed by atoms with Crippen LogP contribution in [-0.2, 0) is 0 Å². The lowest BCUT2D eigenvalue weighted by Gasteiger charge is -2.12. The molecule has 0 saturated carbocycles. The molecule has 0 unspecified atom stereocenters. The molecule has 0 radical (unpaired) electrons. The smallest absolute Gasteiger partial charge is 0.175 e. The molecule has 1 rings (SSSR count). The van der Waals surface area contributed by atoms with Gasteiger partial charge in [0.15, 0.2) is 11.5 Å². The maximum Gasteiger partial charge on any atom is 0.175 e. The molecule has 0 fully saturated rings. The van der Waals surface area contributed by atoms with Crippen molar-refractivity contribution in [3.63, 3.8) is 0 Å². The van der Waals surface area contributed by atoms with E-state index < -0.39 is 0 Å².